The van der Waals surface area contributed by atoms with E-state index in [0.29, 0.717) is 6.54 Å². The molecule has 0 unspecified atom stereocenters. The zero-order chi connectivity index (χ0) is 14.6. The first-order chi connectivity index (χ1) is 9.62. The van der Waals surface area contributed by atoms with Crippen LogP contribution in [0, 0.1) is 28.4 Å². The smallest absolute Gasteiger partial charge is 0.183 e. The molecule has 1 saturated carbocycles. The maximum Gasteiger partial charge on any atom is 0.183 e. The number of aliphatic hydroxyl groups is 1. The van der Waals surface area contributed by atoms with Crippen LogP contribution in [-0.4, -0.2) is 18.3 Å². The first-order valence-corrected chi connectivity index (χ1v) is 6.85. The van der Waals surface area contributed by atoms with E-state index in [1.807, 2.05) is 0 Å². The van der Waals surface area contributed by atoms with Crippen molar-refractivity contribution in [2.75, 3.05) is 18.5 Å². The summed E-state index contributed by atoms with van der Waals surface area (Å²) in [7, 11) is 0. The Labute approximate surface area is 117 Å². The fraction of sp³-hybridized carbons (Fsp3) is 0.533. The fourth-order valence-electron chi connectivity index (χ4n) is 2.75. The highest BCUT2D eigenvalue weighted by Crippen LogP contribution is 2.36. The van der Waals surface area contributed by atoms with Crippen LogP contribution in [0.25, 0.3) is 0 Å². The molecular weight excluding hydrogens is 262 g/mol. The van der Waals surface area contributed by atoms with Crippen LogP contribution in [-0.2, 0) is 0 Å². The molecule has 0 heterocycles. The first kappa shape index (κ1) is 14.7. The van der Waals surface area contributed by atoms with Gasteiger partial charge in [-0.2, -0.15) is 5.26 Å². The second-order valence-corrected chi connectivity index (χ2v) is 5.47. The van der Waals surface area contributed by atoms with E-state index in [0.717, 1.165) is 32.1 Å². The number of halogens is 2. The van der Waals surface area contributed by atoms with Crippen molar-refractivity contribution in [1.82, 2.24) is 0 Å². The summed E-state index contributed by atoms with van der Waals surface area (Å²) >= 11 is 0. The van der Waals surface area contributed by atoms with Crippen molar-refractivity contribution in [3.8, 4) is 6.07 Å². The van der Waals surface area contributed by atoms with Gasteiger partial charge in [-0.05, 0) is 25.0 Å². The molecule has 0 saturated heterocycles. The molecule has 0 bridgehead atoms. The quantitative estimate of drug-likeness (QED) is 0.890. The van der Waals surface area contributed by atoms with Gasteiger partial charge in [0.1, 0.15) is 6.07 Å². The lowest BCUT2D eigenvalue weighted by Gasteiger charge is -2.36. The highest BCUT2D eigenvalue weighted by Gasteiger charge is 2.31. The fourth-order valence-corrected chi connectivity index (χ4v) is 2.75. The number of rotatable bonds is 4. The van der Waals surface area contributed by atoms with E-state index in [1.165, 1.54) is 12.1 Å². The molecule has 0 aromatic heterocycles. The van der Waals surface area contributed by atoms with Crippen LogP contribution in [0.5, 0.6) is 0 Å². The Bertz CT molecular complexity index is 519. The van der Waals surface area contributed by atoms with Gasteiger partial charge in [0.05, 0.1) is 17.9 Å². The van der Waals surface area contributed by atoms with E-state index in [1.54, 1.807) is 6.07 Å². The third-order valence-electron chi connectivity index (χ3n) is 4.11. The molecule has 0 atom stereocenters. The Morgan fingerprint density at radius 1 is 1.20 bits per heavy atom. The number of aliphatic hydroxyl groups excluding tert-OH is 1. The third kappa shape index (κ3) is 2.91. The van der Waals surface area contributed by atoms with Gasteiger partial charge in [-0.15, -0.1) is 0 Å². The van der Waals surface area contributed by atoms with Crippen molar-refractivity contribution in [2.24, 2.45) is 5.41 Å². The minimum atomic E-state index is -1.13. The zero-order valence-electron chi connectivity index (χ0n) is 11.3. The molecule has 0 amide bonds. The maximum atomic E-state index is 13.8. The third-order valence-corrected chi connectivity index (χ3v) is 4.11. The van der Waals surface area contributed by atoms with Crippen LogP contribution in [0.2, 0.25) is 0 Å². The van der Waals surface area contributed by atoms with Gasteiger partial charge in [0.15, 0.2) is 11.6 Å². The lowest BCUT2D eigenvalue weighted by Crippen LogP contribution is -2.35. The van der Waals surface area contributed by atoms with Crippen molar-refractivity contribution < 1.29 is 13.9 Å². The van der Waals surface area contributed by atoms with E-state index in [2.05, 4.69) is 5.32 Å². The lowest BCUT2D eigenvalue weighted by molar-refractivity contribution is 0.0943. The molecule has 1 aromatic rings. The van der Waals surface area contributed by atoms with Crippen LogP contribution in [0.3, 0.4) is 0 Å². The standard InChI is InChI=1S/C15H18F2N2O/c16-13-11(8-18)4-5-12(14(13)17)19-9-15(10-20)6-2-1-3-7-15/h4-5,19-20H,1-3,6-7,9-10H2. The predicted molar refractivity (Wildman–Crippen MR) is 72.2 cm³/mol. The molecule has 1 aliphatic carbocycles. The minimum Gasteiger partial charge on any atom is -0.396 e. The second kappa shape index (κ2) is 6.19. The van der Waals surface area contributed by atoms with E-state index >= 15 is 0 Å². The van der Waals surface area contributed by atoms with Crippen LogP contribution in [0.1, 0.15) is 37.7 Å². The van der Waals surface area contributed by atoms with Crippen LogP contribution in [0.4, 0.5) is 14.5 Å². The van der Waals surface area contributed by atoms with Gasteiger partial charge in [0.2, 0.25) is 0 Å². The Balaban J connectivity index is 2.11. The van der Waals surface area contributed by atoms with Gasteiger partial charge < -0.3 is 10.4 Å². The summed E-state index contributed by atoms with van der Waals surface area (Å²) in [6, 6.07) is 4.23. The topological polar surface area (TPSA) is 56.0 Å². The van der Waals surface area contributed by atoms with Crippen molar-refractivity contribution in [3.05, 3.63) is 29.3 Å². The van der Waals surface area contributed by atoms with Gasteiger partial charge in [-0.25, -0.2) is 8.78 Å². The number of benzene rings is 1. The van der Waals surface area contributed by atoms with Crippen molar-refractivity contribution in [2.45, 2.75) is 32.1 Å². The summed E-state index contributed by atoms with van der Waals surface area (Å²) in [5.41, 5.74) is -0.516. The van der Waals surface area contributed by atoms with Gasteiger partial charge in [0, 0.05) is 12.0 Å². The molecule has 3 nitrogen and oxygen atoms in total. The maximum absolute atomic E-state index is 13.8. The van der Waals surface area contributed by atoms with E-state index in [4.69, 9.17) is 5.26 Å². The SMILES string of the molecule is N#Cc1ccc(NCC2(CO)CCCCC2)c(F)c1F. The van der Waals surface area contributed by atoms with Crippen molar-refractivity contribution in [3.63, 3.8) is 0 Å². The summed E-state index contributed by atoms with van der Waals surface area (Å²) < 4.78 is 27.3. The Hall–Kier alpha value is -1.67. The molecule has 0 radical (unpaired) electrons. The molecule has 20 heavy (non-hydrogen) atoms. The van der Waals surface area contributed by atoms with Gasteiger partial charge in [0.25, 0.3) is 0 Å². The molecule has 5 heteroatoms. The number of hydrogen-bond acceptors (Lipinski definition) is 3. The average molecular weight is 280 g/mol. The first-order valence-electron chi connectivity index (χ1n) is 6.85. The molecule has 2 rings (SSSR count). The van der Waals surface area contributed by atoms with Gasteiger partial charge in [-0.3, -0.25) is 0 Å². The number of nitriles is 1. The van der Waals surface area contributed by atoms with Crippen LogP contribution >= 0.6 is 0 Å². The largest absolute Gasteiger partial charge is 0.396 e. The van der Waals surface area contributed by atoms with E-state index in [-0.39, 0.29) is 23.3 Å². The molecule has 0 spiro atoms. The molecule has 2 N–H and O–H groups in total. The zero-order valence-corrected chi connectivity index (χ0v) is 11.3. The molecule has 1 fully saturated rings. The second-order valence-electron chi connectivity index (χ2n) is 5.47. The predicted octanol–water partition coefficient (Wildman–Crippen LogP) is 3.19. The van der Waals surface area contributed by atoms with Crippen molar-refractivity contribution in [1.29, 1.82) is 5.26 Å². The minimum absolute atomic E-state index is 0.0416. The summed E-state index contributed by atoms with van der Waals surface area (Å²) in [5.74, 6) is -2.16. The summed E-state index contributed by atoms with van der Waals surface area (Å²) in [4.78, 5) is 0. The molecule has 1 aromatic carbocycles. The number of nitrogens with zero attached hydrogens (tertiary/aromatic N) is 1. The average Bonchev–Trinajstić information content (AvgIpc) is 2.50. The summed E-state index contributed by atoms with van der Waals surface area (Å²) in [6.07, 6.45) is 5.02. The van der Waals surface area contributed by atoms with Gasteiger partial charge >= 0.3 is 0 Å². The van der Waals surface area contributed by atoms with Crippen LogP contribution in [0.15, 0.2) is 12.1 Å². The monoisotopic (exact) mass is 280 g/mol. The number of hydrogen-bond donors (Lipinski definition) is 2. The Kier molecular flexibility index (Phi) is 4.56. The Morgan fingerprint density at radius 3 is 2.50 bits per heavy atom. The van der Waals surface area contributed by atoms with E-state index in [9.17, 15) is 13.9 Å². The number of nitrogens with one attached hydrogen (secondary N) is 1. The number of anilines is 1. The molecular formula is C15H18F2N2O. The van der Waals surface area contributed by atoms with E-state index < -0.39 is 11.6 Å². The normalized spacial score (nSPS) is 17.5. The summed E-state index contributed by atoms with van der Waals surface area (Å²) in [5, 5.41) is 21.1. The summed E-state index contributed by atoms with van der Waals surface area (Å²) in [6.45, 7) is 0.451. The lowest BCUT2D eigenvalue weighted by atomic mass is 9.74. The van der Waals surface area contributed by atoms with Crippen LogP contribution < -0.4 is 5.32 Å². The molecule has 108 valence electrons. The van der Waals surface area contributed by atoms with Crippen molar-refractivity contribution >= 4 is 5.69 Å². The van der Waals surface area contributed by atoms with Gasteiger partial charge in [-0.1, -0.05) is 19.3 Å². The Morgan fingerprint density at radius 2 is 1.90 bits per heavy atom. The highest BCUT2D eigenvalue weighted by atomic mass is 19.2. The molecule has 1 aliphatic rings. The molecule has 0 aliphatic heterocycles. The highest BCUT2D eigenvalue weighted by molar-refractivity contribution is 5.49.